The van der Waals surface area contributed by atoms with Gasteiger partial charge in [0.2, 0.25) is 0 Å². The van der Waals surface area contributed by atoms with Gasteiger partial charge in [-0.2, -0.15) is 10.2 Å². The zero-order chi connectivity index (χ0) is 12.1. The smallest absolute Gasteiger partial charge is 0.114 e. The Kier molecular flexibility index (Phi) is 1.99. The molecule has 0 saturated heterocycles. The van der Waals surface area contributed by atoms with Crippen molar-refractivity contribution >= 4 is 0 Å². The number of hydrogen-bond donors (Lipinski definition) is 2. The van der Waals surface area contributed by atoms with Crippen molar-refractivity contribution in [2.24, 2.45) is 0 Å². The number of H-pyrrole nitrogens is 1. The Labute approximate surface area is 105 Å². The number of hydrogen-bond acceptors (Lipinski definition) is 3. The highest BCUT2D eigenvalue weighted by atomic mass is 15.3. The fourth-order valence-electron chi connectivity index (χ4n) is 2.93. The Hall–Kier alpha value is -1.88. The van der Waals surface area contributed by atoms with E-state index in [9.17, 15) is 0 Å². The van der Waals surface area contributed by atoms with E-state index in [2.05, 4.69) is 26.8 Å². The Bertz CT molecular complexity index is 634. The van der Waals surface area contributed by atoms with Gasteiger partial charge in [0.25, 0.3) is 0 Å². The Balaban J connectivity index is 2.00. The highest BCUT2D eigenvalue weighted by Crippen LogP contribution is 2.33. The third-order valence-corrected chi connectivity index (χ3v) is 3.73. The van der Waals surface area contributed by atoms with Crippen molar-refractivity contribution < 1.29 is 0 Å². The molecule has 2 aliphatic rings. The number of rotatable bonds is 0. The van der Waals surface area contributed by atoms with Crippen LogP contribution in [0.4, 0.5) is 0 Å². The molecule has 4 heterocycles. The summed E-state index contributed by atoms with van der Waals surface area (Å²) in [4.78, 5) is 0. The summed E-state index contributed by atoms with van der Waals surface area (Å²) in [7, 11) is 0. The molecule has 0 aromatic carbocycles. The molecular formula is C13H15N5. The van der Waals surface area contributed by atoms with Crippen LogP contribution in [-0.4, -0.2) is 26.5 Å². The summed E-state index contributed by atoms with van der Waals surface area (Å²) in [5, 5.41) is 15.6. The summed E-state index contributed by atoms with van der Waals surface area (Å²) in [5.74, 6) is 0. The van der Waals surface area contributed by atoms with Crippen LogP contribution in [0.3, 0.4) is 0 Å². The first kappa shape index (κ1) is 10.1. The number of nitrogens with zero attached hydrogens (tertiary/aromatic N) is 3. The van der Waals surface area contributed by atoms with E-state index < -0.39 is 0 Å². The van der Waals surface area contributed by atoms with E-state index in [-0.39, 0.29) is 0 Å². The van der Waals surface area contributed by atoms with Crippen LogP contribution in [0.1, 0.15) is 16.8 Å². The molecule has 0 unspecified atom stereocenters. The van der Waals surface area contributed by atoms with Crippen molar-refractivity contribution in [1.29, 1.82) is 0 Å². The van der Waals surface area contributed by atoms with E-state index in [0.717, 1.165) is 38.2 Å². The van der Waals surface area contributed by atoms with Crippen molar-refractivity contribution in [3.63, 3.8) is 0 Å². The average Bonchev–Trinajstić information content (AvgIpc) is 2.90. The molecule has 0 fully saturated rings. The molecule has 0 spiro atoms. The molecule has 92 valence electrons. The molecule has 5 heteroatoms. The predicted octanol–water partition coefficient (Wildman–Crippen LogP) is 1.03. The predicted molar refractivity (Wildman–Crippen MR) is 68.1 cm³/mol. The standard InChI is InChI=1S/C13H15N5/c1-8-4-9-5-15-16-12(9)13-10-6-14-3-2-11(10)17-18(13)7-8/h5,14H,1-4,6-7H2,(H,15,16). The molecule has 0 radical (unpaired) electrons. The number of aromatic amines is 1. The minimum absolute atomic E-state index is 0.804. The molecule has 5 nitrogen and oxygen atoms in total. The van der Waals surface area contributed by atoms with Crippen LogP contribution in [0.15, 0.2) is 18.3 Å². The molecule has 18 heavy (non-hydrogen) atoms. The van der Waals surface area contributed by atoms with Crippen LogP contribution in [0.5, 0.6) is 0 Å². The van der Waals surface area contributed by atoms with Gasteiger partial charge in [-0.3, -0.25) is 9.78 Å². The van der Waals surface area contributed by atoms with E-state index in [4.69, 9.17) is 5.10 Å². The van der Waals surface area contributed by atoms with E-state index in [1.165, 1.54) is 28.1 Å². The third kappa shape index (κ3) is 1.31. The van der Waals surface area contributed by atoms with Gasteiger partial charge in [0.05, 0.1) is 17.9 Å². The third-order valence-electron chi connectivity index (χ3n) is 3.73. The van der Waals surface area contributed by atoms with Crippen LogP contribution >= 0.6 is 0 Å². The van der Waals surface area contributed by atoms with E-state index in [0.29, 0.717) is 0 Å². The summed E-state index contributed by atoms with van der Waals surface area (Å²) >= 11 is 0. The highest BCUT2D eigenvalue weighted by Gasteiger charge is 2.27. The van der Waals surface area contributed by atoms with E-state index in [1.54, 1.807) is 0 Å². The van der Waals surface area contributed by atoms with Gasteiger partial charge in [-0.1, -0.05) is 12.2 Å². The maximum Gasteiger partial charge on any atom is 0.114 e. The van der Waals surface area contributed by atoms with Gasteiger partial charge < -0.3 is 5.32 Å². The van der Waals surface area contributed by atoms with Crippen LogP contribution in [0.2, 0.25) is 0 Å². The Morgan fingerprint density at radius 2 is 2.33 bits per heavy atom. The monoisotopic (exact) mass is 241 g/mol. The van der Waals surface area contributed by atoms with Crippen LogP contribution in [0.25, 0.3) is 11.4 Å². The zero-order valence-electron chi connectivity index (χ0n) is 10.2. The van der Waals surface area contributed by atoms with Crippen LogP contribution in [-0.2, 0) is 25.9 Å². The number of nitrogens with one attached hydrogen (secondary N) is 2. The SMILES string of the molecule is C=C1Cc2c[nH]nc2-c2c3c(nn2C1)CCNC3. The first-order chi connectivity index (χ1) is 8.83. The molecule has 2 aliphatic heterocycles. The summed E-state index contributed by atoms with van der Waals surface area (Å²) in [6.07, 6.45) is 3.87. The lowest BCUT2D eigenvalue weighted by Crippen LogP contribution is -2.23. The summed E-state index contributed by atoms with van der Waals surface area (Å²) in [5.41, 5.74) is 7.16. The second-order valence-electron chi connectivity index (χ2n) is 5.04. The first-order valence-electron chi connectivity index (χ1n) is 6.32. The topological polar surface area (TPSA) is 58.5 Å². The average molecular weight is 241 g/mol. The minimum atomic E-state index is 0.804. The molecular weight excluding hydrogens is 226 g/mol. The first-order valence-corrected chi connectivity index (χ1v) is 6.32. The van der Waals surface area contributed by atoms with Gasteiger partial charge in [0.1, 0.15) is 5.69 Å². The summed E-state index contributed by atoms with van der Waals surface area (Å²) in [6.45, 7) is 6.85. The van der Waals surface area contributed by atoms with Gasteiger partial charge in [-0.15, -0.1) is 0 Å². The molecule has 4 rings (SSSR count). The van der Waals surface area contributed by atoms with Crippen molar-refractivity contribution in [2.45, 2.75) is 25.9 Å². The maximum atomic E-state index is 4.74. The lowest BCUT2D eigenvalue weighted by Gasteiger charge is -2.12. The molecule has 0 aliphatic carbocycles. The van der Waals surface area contributed by atoms with Crippen molar-refractivity contribution in [3.05, 3.63) is 35.2 Å². The number of aromatic nitrogens is 4. The Morgan fingerprint density at radius 1 is 1.39 bits per heavy atom. The van der Waals surface area contributed by atoms with Gasteiger partial charge in [0.15, 0.2) is 0 Å². The normalized spacial score (nSPS) is 17.9. The molecule has 0 bridgehead atoms. The fourth-order valence-corrected chi connectivity index (χ4v) is 2.93. The second-order valence-corrected chi connectivity index (χ2v) is 5.04. The lowest BCUT2D eigenvalue weighted by atomic mass is 10.0. The largest absolute Gasteiger partial charge is 0.312 e. The van der Waals surface area contributed by atoms with Gasteiger partial charge in [0, 0.05) is 36.8 Å². The van der Waals surface area contributed by atoms with Crippen molar-refractivity contribution in [3.8, 4) is 11.4 Å². The van der Waals surface area contributed by atoms with E-state index >= 15 is 0 Å². The zero-order valence-corrected chi connectivity index (χ0v) is 10.2. The maximum absolute atomic E-state index is 4.74. The van der Waals surface area contributed by atoms with Crippen LogP contribution < -0.4 is 5.32 Å². The number of allylic oxidation sites excluding steroid dienone is 1. The molecule has 0 atom stereocenters. The van der Waals surface area contributed by atoms with Crippen LogP contribution in [0, 0.1) is 0 Å². The lowest BCUT2D eigenvalue weighted by molar-refractivity contribution is 0.624. The number of fused-ring (bicyclic) bond motifs is 5. The van der Waals surface area contributed by atoms with Gasteiger partial charge >= 0.3 is 0 Å². The second kappa shape index (κ2) is 3.55. The highest BCUT2D eigenvalue weighted by molar-refractivity contribution is 5.66. The molecule has 2 aromatic heterocycles. The molecule has 0 amide bonds. The van der Waals surface area contributed by atoms with Gasteiger partial charge in [-0.25, -0.2) is 0 Å². The molecule has 0 saturated carbocycles. The molecule has 2 aromatic rings. The summed E-state index contributed by atoms with van der Waals surface area (Å²) < 4.78 is 2.08. The quantitative estimate of drug-likeness (QED) is 0.677. The molecule has 2 N–H and O–H groups in total. The fraction of sp³-hybridized carbons (Fsp3) is 0.385. The Morgan fingerprint density at radius 3 is 3.28 bits per heavy atom. The van der Waals surface area contributed by atoms with Crippen molar-refractivity contribution in [1.82, 2.24) is 25.3 Å². The van der Waals surface area contributed by atoms with Gasteiger partial charge in [-0.05, 0) is 6.42 Å². The van der Waals surface area contributed by atoms with E-state index in [1.807, 2.05) is 6.20 Å². The van der Waals surface area contributed by atoms with Crippen molar-refractivity contribution in [2.75, 3.05) is 6.54 Å². The minimum Gasteiger partial charge on any atom is -0.312 e. The summed E-state index contributed by atoms with van der Waals surface area (Å²) in [6, 6.07) is 0.